The summed E-state index contributed by atoms with van der Waals surface area (Å²) >= 11 is 0. The van der Waals surface area contributed by atoms with Crippen LogP contribution in [0.4, 0.5) is 4.79 Å². The van der Waals surface area contributed by atoms with Crippen molar-refractivity contribution in [2.75, 3.05) is 0 Å². The van der Waals surface area contributed by atoms with Gasteiger partial charge in [0.25, 0.3) is 10.1 Å². The van der Waals surface area contributed by atoms with Gasteiger partial charge in [-0.15, -0.1) is 0 Å². The highest BCUT2D eigenvalue weighted by Crippen LogP contribution is 2.19. The first kappa shape index (κ1) is 15.2. The Morgan fingerprint density at radius 2 is 1.88 bits per heavy atom. The van der Waals surface area contributed by atoms with Crippen LogP contribution in [0.2, 0.25) is 0 Å². The second kappa shape index (κ2) is 6.03. The normalized spacial score (nSPS) is 10.1. The number of hydrogen-bond acceptors (Lipinski definition) is 5. The van der Waals surface area contributed by atoms with Gasteiger partial charge < -0.3 is 10.8 Å². The van der Waals surface area contributed by atoms with Crippen molar-refractivity contribution in [3.05, 3.63) is 23.8 Å². The molecule has 0 unspecified atom stereocenters. The van der Waals surface area contributed by atoms with Crippen LogP contribution in [0.1, 0.15) is 5.56 Å². The quantitative estimate of drug-likeness (QED) is 0.198. The van der Waals surface area contributed by atoms with E-state index in [9.17, 15) is 13.2 Å². The average Bonchev–Trinajstić information content (AvgIpc) is 2.21. The first-order valence-electron chi connectivity index (χ1n) is 4.21. The Balaban J connectivity index is 0.000000437. The summed E-state index contributed by atoms with van der Waals surface area (Å²) in [7, 11) is -4.22. The molecule has 0 fully saturated rings. The molecule has 0 saturated carbocycles. The minimum atomic E-state index is -4.22. The molecule has 2 amide bonds. The highest BCUT2D eigenvalue weighted by atomic mass is 32.2. The number of hydrogen-bond donors (Lipinski definition) is 5. The second-order valence-corrected chi connectivity index (χ2v) is 4.32. The highest BCUT2D eigenvalue weighted by Gasteiger charge is 2.12. The van der Waals surface area contributed by atoms with Crippen molar-refractivity contribution in [3.8, 4) is 5.75 Å². The molecule has 0 aliphatic rings. The van der Waals surface area contributed by atoms with E-state index < -0.39 is 16.1 Å². The molecule has 0 aliphatic heterocycles. The fourth-order valence-electron chi connectivity index (χ4n) is 0.867. The minimum absolute atomic E-state index is 0.187. The molecule has 0 aliphatic carbocycles. The summed E-state index contributed by atoms with van der Waals surface area (Å²) in [5.74, 6) is 4.26. The zero-order chi connectivity index (χ0) is 13.6. The first-order chi connectivity index (χ1) is 7.68. The Bertz CT molecular complexity index is 500. The van der Waals surface area contributed by atoms with Gasteiger partial charge in [-0.2, -0.15) is 8.42 Å². The largest absolute Gasteiger partial charge is 0.508 e. The third kappa shape index (κ3) is 5.70. The zero-order valence-corrected chi connectivity index (χ0v) is 9.73. The summed E-state index contributed by atoms with van der Waals surface area (Å²) in [4.78, 5) is 9.09. The Morgan fingerprint density at radius 1 is 1.41 bits per heavy atom. The summed E-state index contributed by atoms with van der Waals surface area (Å²) < 4.78 is 30.0. The lowest BCUT2D eigenvalue weighted by atomic mass is 10.2. The van der Waals surface area contributed by atoms with Crippen LogP contribution in [0.5, 0.6) is 5.75 Å². The number of carbonyl (C=O) groups excluding carboxylic acids is 1. The van der Waals surface area contributed by atoms with Gasteiger partial charge in [-0.1, -0.05) is 6.07 Å². The molecular formula is C8H13N3O5S. The summed E-state index contributed by atoms with van der Waals surface area (Å²) in [6, 6.07) is 3.05. The monoisotopic (exact) mass is 263 g/mol. The number of urea groups is 1. The number of nitrogens with one attached hydrogen (secondary N) is 1. The fraction of sp³-hybridized carbons (Fsp3) is 0.125. The Morgan fingerprint density at radius 3 is 2.18 bits per heavy atom. The van der Waals surface area contributed by atoms with Gasteiger partial charge in [-0.3, -0.25) is 9.98 Å². The van der Waals surface area contributed by atoms with Gasteiger partial charge in [0, 0.05) is 6.07 Å². The van der Waals surface area contributed by atoms with Crippen molar-refractivity contribution < 1.29 is 22.9 Å². The van der Waals surface area contributed by atoms with E-state index in [-0.39, 0.29) is 10.6 Å². The molecule has 0 spiro atoms. The molecule has 0 bridgehead atoms. The molecule has 7 N–H and O–H groups in total. The van der Waals surface area contributed by atoms with Crippen molar-refractivity contribution in [2.24, 2.45) is 11.6 Å². The van der Waals surface area contributed by atoms with Gasteiger partial charge >= 0.3 is 6.03 Å². The van der Waals surface area contributed by atoms with Crippen LogP contribution in [0.25, 0.3) is 0 Å². The number of aryl methyl sites for hydroxylation is 1. The SMILES string of the molecule is Cc1ccc(O)cc1S(=O)(=O)O.NNC(N)=O. The molecule has 0 radical (unpaired) electrons. The number of amides is 2. The van der Waals surface area contributed by atoms with Crippen LogP contribution in [-0.2, 0) is 10.1 Å². The summed E-state index contributed by atoms with van der Waals surface area (Å²) in [6.07, 6.45) is 0. The minimum Gasteiger partial charge on any atom is -0.508 e. The van der Waals surface area contributed by atoms with Crippen LogP contribution in [0.15, 0.2) is 23.1 Å². The van der Waals surface area contributed by atoms with Crippen molar-refractivity contribution in [3.63, 3.8) is 0 Å². The van der Waals surface area contributed by atoms with Gasteiger partial charge in [-0.25, -0.2) is 10.6 Å². The smallest absolute Gasteiger partial charge is 0.326 e. The van der Waals surface area contributed by atoms with Gasteiger partial charge in [0.15, 0.2) is 0 Å². The van der Waals surface area contributed by atoms with Crippen molar-refractivity contribution in [1.29, 1.82) is 0 Å². The van der Waals surface area contributed by atoms with E-state index in [1.54, 1.807) is 5.43 Å². The molecule has 8 nitrogen and oxygen atoms in total. The molecular weight excluding hydrogens is 250 g/mol. The van der Waals surface area contributed by atoms with Gasteiger partial charge in [0.2, 0.25) is 0 Å². The maximum Gasteiger partial charge on any atom is 0.326 e. The number of carbonyl (C=O) groups is 1. The molecule has 0 atom stereocenters. The van der Waals surface area contributed by atoms with Crippen molar-refractivity contribution >= 4 is 16.1 Å². The predicted octanol–water partition coefficient (Wildman–Crippen LogP) is -0.524. The van der Waals surface area contributed by atoms with Gasteiger partial charge in [0.05, 0.1) is 0 Å². The van der Waals surface area contributed by atoms with E-state index >= 15 is 0 Å². The molecule has 96 valence electrons. The molecule has 17 heavy (non-hydrogen) atoms. The molecule has 0 saturated heterocycles. The van der Waals surface area contributed by atoms with E-state index in [2.05, 4.69) is 11.6 Å². The number of hydrazine groups is 1. The van der Waals surface area contributed by atoms with Crippen LogP contribution >= 0.6 is 0 Å². The number of primary amides is 1. The Labute approximate surface area is 98.0 Å². The van der Waals surface area contributed by atoms with E-state index in [0.29, 0.717) is 5.56 Å². The van der Waals surface area contributed by atoms with Crippen LogP contribution in [-0.4, -0.2) is 24.1 Å². The third-order valence-corrected chi connectivity index (χ3v) is 2.59. The van der Waals surface area contributed by atoms with E-state index in [0.717, 1.165) is 6.07 Å². The van der Waals surface area contributed by atoms with Gasteiger partial charge in [-0.05, 0) is 18.6 Å². The molecule has 0 heterocycles. The molecule has 1 rings (SSSR count). The van der Waals surface area contributed by atoms with Crippen LogP contribution < -0.4 is 17.0 Å². The Kier molecular flexibility index (Phi) is 5.38. The summed E-state index contributed by atoms with van der Waals surface area (Å²) in [5, 5.41) is 8.93. The average molecular weight is 263 g/mol. The Hall–Kier alpha value is -1.84. The van der Waals surface area contributed by atoms with Crippen LogP contribution in [0, 0.1) is 6.92 Å². The lowest BCUT2D eigenvalue weighted by Crippen LogP contribution is -2.34. The third-order valence-electron chi connectivity index (χ3n) is 1.59. The van der Waals surface area contributed by atoms with Crippen molar-refractivity contribution in [2.45, 2.75) is 11.8 Å². The topological polar surface area (TPSA) is 156 Å². The van der Waals surface area contributed by atoms with E-state index in [1.165, 1.54) is 19.1 Å². The maximum absolute atomic E-state index is 10.7. The lowest BCUT2D eigenvalue weighted by molar-refractivity contribution is 0.249. The number of aromatic hydroxyl groups is 1. The number of phenols is 1. The first-order valence-corrected chi connectivity index (χ1v) is 5.65. The lowest BCUT2D eigenvalue weighted by Gasteiger charge is -2.01. The molecule has 1 aromatic carbocycles. The van der Waals surface area contributed by atoms with Crippen LogP contribution in [0.3, 0.4) is 0 Å². The van der Waals surface area contributed by atoms with E-state index in [1.807, 2.05) is 0 Å². The standard InChI is InChI=1S/C7H8O4S.CH5N3O/c1-5-2-3-6(8)4-7(5)12(9,10)11;2-1(5)4-3/h2-4,8H,1H3,(H,9,10,11);3H2,(H3,2,4,5). The molecule has 9 heteroatoms. The van der Waals surface area contributed by atoms with Gasteiger partial charge in [0.1, 0.15) is 10.6 Å². The predicted molar refractivity (Wildman–Crippen MR) is 59.6 cm³/mol. The summed E-state index contributed by atoms with van der Waals surface area (Å²) in [6.45, 7) is 1.53. The number of benzene rings is 1. The number of phenolic OH excluding ortho intramolecular Hbond substituents is 1. The van der Waals surface area contributed by atoms with E-state index in [4.69, 9.17) is 9.66 Å². The number of rotatable bonds is 1. The van der Waals surface area contributed by atoms with Crippen molar-refractivity contribution in [1.82, 2.24) is 5.43 Å². The molecule has 1 aromatic rings. The second-order valence-electron chi connectivity index (χ2n) is 2.93. The summed E-state index contributed by atoms with van der Waals surface area (Å²) in [5.41, 5.74) is 6.48. The molecule has 0 aromatic heterocycles. The number of nitrogens with two attached hydrogens (primary N) is 2. The maximum atomic E-state index is 10.7. The highest BCUT2D eigenvalue weighted by molar-refractivity contribution is 7.85. The zero-order valence-electron chi connectivity index (χ0n) is 8.91. The fourth-order valence-corrected chi connectivity index (χ4v) is 1.61.